The molecule has 0 aromatic heterocycles. The molecule has 0 bridgehead atoms. The van der Waals surface area contributed by atoms with E-state index in [1.165, 1.54) is 19.2 Å². The van der Waals surface area contributed by atoms with E-state index < -0.39 is 5.97 Å². The van der Waals surface area contributed by atoms with Crippen molar-refractivity contribution in [3.63, 3.8) is 0 Å². The van der Waals surface area contributed by atoms with Crippen molar-refractivity contribution in [1.29, 1.82) is 0 Å². The summed E-state index contributed by atoms with van der Waals surface area (Å²) in [6, 6.07) is 4.26. The molecule has 0 amide bonds. The summed E-state index contributed by atoms with van der Waals surface area (Å²) in [7, 11) is 1.51. The fourth-order valence-electron chi connectivity index (χ4n) is 1.65. The number of hydrogen-bond acceptors (Lipinski definition) is 2. The van der Waals surface area contributed by atoms with Gasteiger partial charge in [-0.2, -0.15) is 0 Å². The Balaban J connectivity index is 2.78. The van der Waals surface area contributed by atoms with Crippen molar-refractivity contribution in [1.82, 2.24) is 0 Å². The maximum Gasteiger partial charge on any atom is 0.303 e. The van der Waals surface area contributed by atoms with Crippen LogP contribution in [0.1, 0.15) is 18.9 Å². The minimum absolute atomic E-state index is 0.0480. The Morgan fingerprint density at radius 2 is 2.25 bits per heavy atom. The Bertz CT molecular complexity index is 377. The third-order valence-corrected chi connectivity index (χ3v) is 2.33. The summed E-state index contributed by atoms with van der Waals surface area (Å²) in [6.45, 7) is 1.82. The summed E-state index contributed by atoms with van der Waals surface area (Å²) >= 11 is 0. The van der Waals surface area contributed by atoms with Gasteiger partial charge in [0.1, 0.15) is 11.6 Å². The first-order valence-electron chi connectivity index (χ1n) is 5.07. The number of benzene rings is 1. The molecule has 1 aromatic carbocycles. The molecule has 1 unspecified atom stereocenters. The molecule has 0 heterocycles. The van der Waals surface area contributed by atoms with Crippen LogP contribution in [-0.2, 0) is 11.2 Å². The highest BCUT2D eigenvalue weighted by Crippen LogP contribution is 2.23. The molecule has 4 heteroatoms. The lowest BCUT2D eigenvalue weighted by Crippen LogP contribution is -2.08. The lowest BCUT2D eigenvalue weighted by Gasteiger charge is -2.12. The minimum Gasteiger partial charge on any atom is -0.496 e. The minimum atomic E-state index is -0.845. The largest absolute Gasteiger partial charge is 0.496 e. The first-order chi connectivity index (χ1) is 7.52. The van der Waals surface area contributed by atoms with Crippen molar-refractivity contribution in [2.45, 2.75) is 19.8 Å². The van der Waals surface area contributed by atoms with Crippen LogP contribution in [0.25, 0.3) is 0 Å². The molecule has 0 saturated heterocycles. The van der Waals surface area contributed by atoms with Crippen molar-refractivity contribution >= 4 is 5.97 Å². The molecule has 0 saturated carbocycles. The van der Waals surface area contributed by atoms with Crippen LogP contribution in [0.15, 0.2) is 18.2 Å². The van der Waals surface area contributed by atoms with Crippen molar-refractivity contribution in [3.05, 3.63) is 29.6 Å². The van der Waals surface area contributed by atoms with Crippen LogP contribution in [0.3, 0.4) is 0 Å². The zero-order valence-corrected chi connectivity index (χ0v) is 9.37. The van der Waals surface area contributed by atoms with Crippen LogP contribution >= 0.6 is 0 Å². The second kappa shape index (κ2) is 5.49. The number of rotatable bonds is 5. The Labute approximate surface area is 93.9 Å². The van der Waals surface area contributed by atoms with Gasteiger partial charge in [-0.05, 0) is 36.1 Å². The number of methoxy groups -OCH3 is 1. The van der Waals surface area contributed by atoms with Gasteiger partial charge in [-0.3, -0.25) is 4.79 Å². The van der Waals surface area contributed by atoms with Gasteiger partial charge in [-0.1, -0.05) is 6.92 Å². The Hall–Kier alpha value is -1.58. The summed E-state index contributed by atoms with van der Waals surface area (Å²) in [5, 5.41) is 8.64. The van der Waals surface area contributed by atoms with Gasteiger partial charge in [0.25, 0.3) is 0 Å². The SMILES string of the molecule is COc1ccc(F)cc1CC(C)CC(=O)O. The predicted octanol–water partition coefficient (Wildman–Crippen LogP) is 2.49. The summed E-state index contributed by atoms with van der Waals surface area (Å²) in [5.74, 6) is -0.631. The summed E-state index contributed by atoms with van der Waals surface area (Å²) in [4.78, 5) is 10.5. The van der Waals surface area contributed by atoms with Crippen molar-refractivity contribution < 1.29 is 19.0 Å². The monoisotopic (exact) mass is 226 g/mol. The summed E-state index contributed by atoms with van der Waals surface area (Å²) in [5.41, 5.74) is 0.705. The number of aliphatic carboxylic acids is 1. The van der Waals surface area contributed by atoms with E-state index in [1.54, 1.807) is 6.07 Å². The van der Waals surface area contributed by atoms with E-state index in [9.17, 15) is 9.18 Å². The van der Waals surface area contributed by atoms with Crippen LogP contribution < -0.4 is 4.74 Å². The second-order valence-electron chi connectivity index (χ2n) is 3.86. The third-order valence-electron chi connectivity index (χ3n) is 2.33. The molecule has 0 aliphatic heterocycles. The molecule has 3 nitrogen and oxygen atoms in total. The highest BCUT2D eigenvalue weighted by molar-refractivity contribution is 5.67. The maximum absolute atomic E-state index is 13.0. The standard InChI is InChI=1S/C12H15FO3/c1-8(6-12(14)15)5-9-7-10(13)3-4-11(9)16-2/h3-4,7-8H,5-6H2,1-2H3,(H,14,15). The van der Waals surface area contributed by atoms with E-state index in [0.717, 1.165) is 0 Å². The number of carboxylic acids is 1. The molecular formula is C12H15FO3. The number of carbonyl (C=O) groups is 1. The fraction of sp³-hybridized carbons (Fsp3) is 0.417. The molecule has 1 atom stereocenters. The lowest BCUT2D eigenvalue weighted by molar-refractivity contribution is -0.137. The normalized spacial score (nSPS) is 12.2. The van der Waals surface area contributed by atoms with E-state index in [1.807, 2.05) is 6.92 Å². The smallest absolute Gasteiger partial charge is 0.303 e. The zero-order valence-electron chi connectivity index (χ0n) is 9.37. The van der Waals surface area contributed by atoms with Crippen LogP contribution in [0.2, 0.25) is 0 Å². The predicted molar refractivity (Wildman–Crippen MR) is 58.1 cm³/mol. The molecule has 16 heavy (non-hydrogen) atoms. The van der Waals surface area contributed by atoms with Crippen molar-refractivity contribution in [2.24, 2.45) is 5.92 Å². The van der Waals surface area contributed by atoms with Crippen LogP contribution in [0, 0.1) is 11.7 Å². The van der Waals surface area contributed by atoms with Crippen molar-refractivity contribution in [2.75, 3.05) is 7.11 Å². The van der Waals surface area contributed by atoms with Crippen LogP contribution in [-0.4, -0.2) is 18.2 Å². The van der Waals surface area contributed by atoms with Gasteiger partial charge in [-0.25, -0.2) is 4.39 Å². The van der Waals surface area contributed by atoms with E-state index in [4.69, 9.17) is 9.84 Å². The molecule has 1 rings (SSSR count). The van der Waals surface area contributed by atoms with E-state index in [2.05, 4.69) is 0 Å². The average molecular weight is 226 g/mol. The summed E-state index contributed by atoms with van der Waals surface area (Å²) in [6.07, 6.45) is 0.562. The highest BCUT2D eigenvalue weighted by Gasteiger charge is 2.12. The number of carboxylic acid groups (broad SMARTS) is 1. The average Bonchev–Trinajstić information content (AvgIpc) is 2.16. The second-order valence-corrected chi connectivity index (χ2v) is 3.86. The van der Waals surface area contributed by atoms with Gasteiger partial charge in [-0.15, -0.1) is 0 Å². The third kappa shape index (κ3) is 3.53. The van der Waals surface area contributed by atoms with E-state index in [0.29, 0.717) is 17.7 Å². The van der Waals surface area contributed by atoms with E-state index >= 15 is 0 Å². The molecule has 0 aliphatic rings. The Morgan fingerprint density at radius 1 is 1.56 bits per heavy atom. The lowest BCUT2D eigenvalue weighted by atomic mass is 9.97. The van der Waals surface area contributed by atoms with Crippen LogP contribution in [0.4, 0.5) is 4.39 Å². The van der Waals surface area contributed by atoms with Gasteiger partial charge in [0.05, 0.1) is 7.11 Å². The number of halogens is 1. The number of hydrogen-bond donors (Lipinski definition) is 1. The molecule has 0 aliphatic carbocycles. The molecular weight excluding hydrogens is 211 g/mol. The first-order valence-corrected chi connectivity index (χ1v) is 5.07. The Morgan fingerprint density at radius 3 is 2.81 bits per heavy atom. The van der Waals surface area contributed by atoms with Gasteiger partial charge >= 0.3 is 5.97 Å². The molecule has 0 radical (unpaired) electrons. The molecule has 0 fully saturated rings. The van der Waals surface area contributed by atoms with Gasteiger partial charge < -0.3 is 9.84 Å². The highest BCUT2D eigenvalue weighted by atomic mass is 19.1. The molecule has 1 aromatic rings. The topological polar surface area (TPSA) is 46.5 Å². The van der Waals surface area contributed by atoms with Gasteiger partial charge in [0, 0.05) is 6.42 Å². The maximum atomic E-state index is 13.0. The van der Waals surface area contributed by atoms with Crippen LogP contribution in [0.5, 0.6) is 5.75 Å². The van der Waals surface area contributed by atoms with Gasteiger partial charge in [0.2, 0.25) is 0 Å². The molecule has 0 spiro atoms. The Kier molecular flexibility index (Phi) is 4.28. The quantitative estimate of drug-likeness (QED) is 0.839. The summed E-state index contributed by atoms with van der Waals surface area (Å²) < 4.78 is 18.1. The fourth-order valence-corrected chi connectivity index (χ4v) is 1.65. The van der Waals surface area contributed by atoms with Gasteiger partial charge in [0.15, 0.2) is 0 Å². The molecule has 1 N–H and O–H groups in total. The first kappa shape index (κ1) is 12.5. The molecule has 88 valence electrons. The van der Waals surface area contributed by atoms with Crippen molar-refractivity contribution in [3.8, 4) is 5.75 Å². The van der Waals surface area contributed by atoms with E-state index in [-0.39, 0.29) is 18.2 Å². The number of ether oxygens (including phenoxy) is 1. The zero-order chi connectivity index (χ0) is 12.1.